The number of hydrogen-bond acceptors (Lipinski definition) is 5. The third kappa shape index (κ3) is 3.59. The van der Waals surface area contributed by atoms with E-state index in [1.807, 2.05) is 45.9 Å². The molecule has 176 valence electrons. The summed E-state index contributed by atoms with van der Waals surface area (Å²) in [5.41, 5.74) is 2.55. The number of ether oxygens (including phenoxy) is 2. The second-order valence-corrected chi connectivity index (χ2v) is 10.5. The molecule has 0 aliphatic carbocycles. The molecule has 2 saturated heterocycles. The molecule has 2 aromatic carbocycles. The summed E-state index contributed by atoms with van der Waals surface area (Å²) in [4.78, 5) is 15.3. The molecule has 1 amide bonds. The molecule has 0 saturated carbocycles. The van der Waals surface area contributed by atoms with Crippen molar-refractivity contribution in [2.45, 2.75) is 44.8 Å². The maximum atomic E-state index is 13.3. The van der Waals surface area contributed by atoms with Gasteiger partial charge in [0.2, 0.25) is 0 Å². The van der Waals surface area contributed by atoms with E-state index >= 15 is 0 Å². The molecule has 0 radical (unpaired) electrons. The van der Waals surface area contributed by atoms with Gasteiger partial charge in [0.15, 0.2) is 0 Å². The molecular formula is C27H30N4O3. The number of aromatic nitrogens is 3. The first-order chi connectivity index (χ1) is 16.4. The Hall–Kier alpha value is -3.19. The summed E-state index contributed by atoms with van der Waals surface area (Å²) < 4.78 is 14.8. The van der Waals surface area contributed by atoms with Crippen LogP contribution in [0.1, 0.15) is 55.1 Å². The lowest BCUT2D eigenvalue weighted by molar-refractivity contribution is -0.173. The van der Waals surface area contributed by atoms with Gasteiger partial charge in [-0.3, -0.25) is 9.36 Å². The Balaban J connectivity index is 1.16. The van der Waals surface area contributed by atoms with Gasteiger partial charge < -0.3 is 14.4 Å². The van der Waals surface area contributed by atoms with Gasteiger partial charge in [-0.1, -0.05) is 24.3 Å². The maximum absolute atomic E-state index is 13.3. The molecule has 0 bridgehead atoms. The third-order valence-electron chi connectivity index (χ3n) is 8.00. The van der Waals surface area contributed by atoms with Gasteiger partial charge in [-0.25, -0.2) is 0 Å². The molecule has 1 aromatic heterocycles. The SMILES string of the molecule is CC1(C)Oc2ccccc2[C@H]2OCC3(CCN(C(=O)c4cccc(-n5cnnc5)c4)CC3)C[C@@H]21. The van der Waals surface area contributed by atoms with Crippen molar-refractivity contribution in [3.63, 3.8) is 0 Å². The number of para-hydroxylation sites is 1. The van der Waals surface area contributed by atoms with E-state index in [0.717, 1.165) is 50.4 Å². The fraction of sp³-hybridized carbons (Fsp3) is 0.444. The van der Waals surface area contributed by atoms with E-state index in [-0.39, 0.29) is 23.0 Å². The summed E-state index contributed by atoms with van der Waals surface area (Å²) >= 11 is 0. The van der Waals surface area contributed by atoms with Gasteiger partial charge in [-0.05, 0) is 62.8 Å². The number of fused-ring (bicyclic) bond motifs is 3. The zero-order valence-corrected chi connectivity index (χ0v) is 19.7. The molecule has 3 aliphatic heterocycles. The van der Waals surface area contributed by atoms with Gasteiger partial charge in [0.25, 0.3) is 5.91 Å². The summed E-state index contributed by atoms with van der Waals surface area (Å²) in [6, 6.07) is 15.9. The van der Waals surface area contributed by atoms with E-state index in [2.05, 4.69) is 36.2 Å². The van der Waals surface area contributed by atoms with Crippen molar-refractivity contribution in [3.05, 3.63) is 72.3 Å². The summed E-state index contributed by atoms with van der Waals surface area (Å²) in [6.45, 7) is 6.60. The zero-order valence-electron chi connectivity index (χ0n) is 19.7. The van der Waals surface area contributed by atoms with Crippen molar-refractivity contribution < 1.29 is 14.3 Å². The number of nitrogens with zero attached hydrogens (tertiary/aromatic N) is 4. The van der Waals surface area contributed by atoms with E-state index in [4.69, 9.17) is 9.47 Å². The van der Waals surface area contributed by atoms with Gasteiger partial charge in [-0.15, -0.1) is 10.2 Å². The minimum Gasteiger partial charge on any atom is -0.487 e. The molecule has 3 aromatic rings. The van der Waals surface area contributed by atoms with Crippen LogP contribution in [0.2, 0.25) is 0 Å². The summed E-state index contributed by atoms with van der Waals surface area (Å²) in [5, 5.41) is 7.72. The van der Waals surface area contributed by atoms with E-state index in [0.29, 0.717) is 11.5 Å². The lowest BCUT2D eigenvalue weighted by atomic mass is 9.64. The topological polar surface area (TPSA) is 69.5 Å². The van der Waals surface area contributed by atoms with Crippen molar-refractivity contribution in [2.24, 2.45) is 11.3 Å². The number of carbonyl (C=O) groups excluding carboxylic acids is 1. The van der Waals surface area contributed by atoms with Crippen LogP contribution in [0.3, 0.4) is 0 Å². The summed E-state index contributed by atoms with van der Waals surface area (Å²) in [5.74, 6) is 1.31. The molecule has 7 heteroatoms. The highest BCUT2D eigenvalue weighted by Crippen LogP contribution is 2.55. The molecule has 3 aliphatic rings. The lowest BCUT2D eigenvalue weighted by Crippen LogP contribution is -2.54. The number of carbonyl (C=O) groups is 1. The minimum atomic E-state index is -0.290. The molecule has 1 spiro atoms. The normalized spacial score (nSPS) is 24.7. The van der Waals surface area contributed by atoms with E-state index in [1.54, 1.807) is 12.7 Å². The lowest BCUT2D eigenvalue weighted by Gasteiger charge is -2.54. The number of benzene rings is 2. The largest absolute Gasteiger partial charge is 0.487 e. The predicted octanol–water partition coefficient (Wildman–Crippen LogP) is 4.44. The monoisotopic (exact) mass is 458 g/mol. The Morgan fingerprint density at radius 3 is 2.59 bits per heavy atom. The predicted molar refractivity (Wildman–Crippen MR) is 127 cm³/mol. The molecule has 7 nitrogen and oxygen atoms in total. The van der Waals surface area contributed by atoms with Crippen molar-refractivity contribution in [3.8, 4) is 11.4 Å². The van der Waals surface area contributed by atoms with Crippen molar-refractivity contribution in [1.82, 2.24) is 19.7 Å². The number of likely N-dealkylation sites (tertiary alicyclic amines) is 1. The van der Waals surface area contributed by atoms with Crippen LogP contribution in [0.15, 0.2) is 61.2 Å². The number of hydrogen-bond donors (Lipinski definition) is 0. The Morgan fingerprint density at radius 2 is 1.79 bits per heavy atom. The highest BCUT2D eigenvalue weighted by molar-refractivity contribution is 5.94. The average Bonchev–Trinajstić information content (AvgIpc) is 3.39. The van der Waals surface area contributed by atoms with Crippen LogP contribution in [0.4, 0.5) is 0 Å². The van der Waals surface area contributed by atoms with E-state index in [9.17, 15) is 4.79 Å². The standard InChI is InChI=1S/C27H30N4O3/c1-26(2)22-15-27(16-33-24(22)21-8-3-4-9-23(21)34-26)10-12-30(13-11-27)25(32)19-6-5-7-20(14-19)31-17-28-29-18-31/h3-9,14,17-18,22,24H,10-13,15-16H2,1-2H3/t22-,24+/m0/s1. The van der Waals surface area contributed by atoms with E-state index < -0.39 is 0 Å². The Labute approximate surface area is 199 Å². The van der Waals surface area contributed by atoms with Gasteiger partial charge in [0.1, 0.15) is 24.0 Å². The third-order valence-corrected chi connectivity index (χ3v) is 8.00. The van der Waals surface area contributed by atoms with Crippen molar-refractivity contribution in [1.29, 1.82) is 0 Å². The first-order valence-electron chi connectivity index (χ1n) is 12.1. The number of rotatable bonds is 2. The minimum absolute atomic E-state index is 0.0747. The van der Waals surface area contributed by atoms with Gasteiger partial charge in [0.05, 0.1) is 12.7 Å². The first-order valence-corrected chi connectivity index (χ1v) is 12.1. The summed E-state index contributed by atoms with van der Waals surface area (Å²) in [6.07, 6.45) is 6.31. The molecule has 0 N–H and O–H groups in total. The highest BCUT2D eigenvalue weighted by atomic mass is 16.5. The van der Waals surface area contributed by atoms with Crippen LogP contribution >= 0.6 is 0 Å². The molecule has 34 heavy (non-hydrogen) atoms. The van der Waals surface area contributed by atoms with Crippen LogP contribution in [0.25, 0.3) is 5.69 Å². The second kappa shape index (κ2) is 7.94. The van der Waals surface area contributed by atoms with Crippen LogP contribution in [0.5, 0.6) is 5.75 Å². The Kier molecular flexibility index (Phi) is 4.99. The van der Waals surface area contributed by atoms with Gasteiger partial charge in [-0.2, -0.15) is 0 Å². The van der Waals surface area contributed by atoms with Crippen LogP contribution in [-0.4, -0.2) is 50.9 Å². The van der Waals surface area contributed by atoms with Crippen molar-refractivity contribution >= 4 is 5.91 Å². The zero-order chi connectivity index (χ0) is 23.3. The fourth-order valence-electron chi connectivity index (χ4n) is 5.95. The molecular weight excluding hydrogens is 428 g/mol. The average molecular weight is 459 g/mol. The Bertz CT molecular complexity index is 1200. The van der Waals surface area contributed by atoms with Crippen LogP contribution in [-0.2, 0) is 4.74 Å². The number of piperidine rings is 1. The quantitative estimate of drug-likeness (QED) is 0.568. The number of amides is 1. The Morgan fingerprint density at radius 1 is 1.03 bits per heavy atom. The molecule has 0 unspecified atom stereocenters. The van der Waals surface area contributed by atoms with Crippen LogP contribution in [0, 0.1) is 11.3 Å². The molecule has 6 rings (SSSR count). The van der Waals surface area contributed by atoms with Gasteiger partial charge in [0, 0.05) is 35.8 Å². The maximum Gasteiger partial charge on any atom is 0.253 e. The smallest absolute Gasteiger partial charge is 0.253 e. The first kappa shape index (κ1) is 21.4. The van der Waals surface area contributed by atoms with Crippen molar-refractivity contribution in [2.75, 3.05) is 19.7 Å². The molecule has 2 atom stereocenters. The highest BCUT2D eigenvalue weighted by Gasteiger charge is 2.52. The van der Waals surface area contributed by atoms with Crippen LogP contribution < -0.4 is 4.74 Å². The molecule has 4 heterocycles. The molecule has 2 fully saturated rings. The van der Waals surface area contributed by atoms with E-state index in [1.165, 1.54) is 5.56 Å². The summed E-state index contributed by atoms with van der Waals surface area (Å²) in [7, 11) is 0. The second-order valence-electron chi connectivity index (χ2n) is 10.5. The van der Waals surface area contributed by atoms with Gasteiger partial charge >= 0.3 is 0 Å². The fourth-order valence-corrected chi connectivity index (χ4v) is 5.95.